The van der Waals surface area contributed by atoms with Crippen LogP contribution in [0.3, 0.4) is 0 Å². The maximum absolute atomic E-state index is 11.5. The zero-order chi connectivity index (χ0) is 19.9. The SMILES string of the molecule is COC(=O)c1ccc(-c2cc(-c3ccc(OCCCC(C)C)cc3)on2)cc1. The maximum atomic E-state index is 11.5. The summed E-state index contributed by atoms with van der Waals surface area (Å²) in [6.45, 7) is 5.16. The van der Waals surface area contributed by atoms with Crippen LogP contribution in [0.2, 0.25) is 0 Å². The Labute approximate surface area is 165 Å². The van der Waals surface area contributed by atoms with Gasteiger partial charge in [0.05, 0.1) is 19.3 Å². The van der Waals surface area contributed by atoms with Crippen molar-refractivity contribution in [3.63, 3.8) is 0 Å². The molecule has 28 heavy (non-hydrogen) atoms. The van der Waals surface area contributed by atoms with E-state index in [-0.39, 0.29) is 5.97 Å². The topological polar surface area (TPSA) is 61.6 Å². The molecule has 0 radical (unpaired) electrons. The summed E-state index contributed by atoms with van der Waals surface area (Å²) in [7, 11) is 1.36. The first-order valence-corrected chi connectivity index (χ1v) is 9.45. The first-order chi connectivity index (χ1) is 13.6. The molecular weight excluding hydrogens is 354 g/mol. The van der Waals surface area contributed by atoms with Crippen molar-refractivity contribution < 1.29 is 18.8 Å². The van der Waals surface area contributed by atoms with Crippen molar-refractivity contribution in [1.29, 1.82) is 0 Å². The lowest BCUT2D eigenvalue weighted by molar-refractivity contribution is 0.0601. The van der Waals surface area contributed by atoms with Crippen molar-refractivity contribution in [3.05, 3.63) is 60.2 Å². The van der Waals surface area contributed by atoms with Crippen molar-refractivity contribution in [1.82, 2.24) is 5.16 Å². The van der Waals surface area contributed by atoms with Crippen molar-refractivity contribution >= 4 is 5.97 Å². The summed E-state index contributed by atoms with van der Waals surface area (Å²) in [5, 5.41) is 4.13. The van der Waals surface area contributed by atoms with Gasteiger partial charge in [-0.15, -0.1) is 0 Å². The first-order valence-electron chi connectivity index (χ1n) is 9.45. The molecule has 0 atom stereocenters. The average molecular weight is 379 g/mol. The van der Waals surface area contributed by atoms with Crippen LogP contribution in [0.15, 0.2) is 59.1 Å². The quantitative estimate of drug-likeness (QED) is 0.376. The molecule has 3 aromatic rings. The first kappa shape index (κ1) is 19.7. The van der Waals surface area contributed by atoms with E-state index in [1.54, 1.807) is 12.1 Å². The van der Waals surface area contributed by atoms with Crippen LogP contribution in [0.1, 0.15) is 37.0 Å². The van der Waals surface area contributed by atoms with E-state index in [2.05, 4.69) is 19.0 Å². The molecule has 1 heterocycles. The molecule has 0 N–H and O–H groups in total. The van der Waals surface area contributed by atoms with E-state index >= 15 is 0 Å². The number of carbonyl (C=O) groups is 1. The van der Waals surface area contributed by atoms with Gasteiger partial charge in [-0.3, -0.25) is 0 Å². The summed E-state index contributed by atoms with van der Waals surface area (Å²) >= 11 is 0. The average Bonchev–Trinajstić information content (AvgIpc) is 3.21. The molecule has 0 aliphatic carbocycles. The molecule has 2 aromatic carbocycles. The number of rotatable bonds is 8. The summed E-state index contributed by atoms with van der Waals surface area (Å²) < 4.78 is 16.0. The van der Waals surface area contributed by atoms with Crippen LogP contribution >= 0.6 is 0 Å². The number of hydrogen-bond donors (Lipinski definition) is 0. The van der Waals surface area contributed by atoms with Gasteiger partial charge in [-0.2, -0.15) is 0 Å². The fourth-order valence-electron chi connectivity index (χ4n) is 2.84. The van der Waals surface area contributed by atoms with Crippen LogP contribution in [0.4, 0.5) is 0 Å². The number of methoxy groups -OCH3 is 1. The highest BCUT2D eigenvalue weighted by Gasteiger charge is 2.10. The van der Waals surface area contributed by atoms with Gasteiger partial charge in [-0.05, 0) is 55.2 Å². The molecule has 0 aliphatic heterocycles. The van der Waals surface area contributed by atoms with E-state index in [4.69, 9.17) is 14.0 Å². The summed E-state index contributed by atoms with van der Waals surface area (Å²) in [5.41, 5.74) is 3.01. The monoisotopic (exact) mass is 379 g/mol. The summed E-state index contributed by atoms with van der Waals surface area (Å²) in [5.74, 6) is 1.87. The summed E-state index contributed by atoms with van der Waals surface area (Å²) in [6, 6.07) is 16.7. The summed E-state index contributed by atoms with van der Waals surface area (Å²) in [4.78, 5) is 11.5. The van der Waals surface area contributed by atoms with E-state index in [9.17, 15) is 4.79 Å². The standard InChI is InChI=1S/C23H25NO4/c1-16(2)5-4-14-27-20-12-10-18(11-13-20)22-15-21(24-28-22)17-6-8-19(9-7-17)23(25)26-3/h6-13,15-16H,4-5,14H2,1-3H3. The zero-order valence-electron chi connectivity index (χ0n) is 16.5. The Bertz CT molecular complexity index is 895. The Kier molecular flexibility index (Phi) is 6.48. The van der Waals surface area contributed by atoms with Gasteiger partial charge in [-0.1, -0.05) is 31.1 Å². The van der Waals surface area contributed by atoms with Crippen LogP contribution in [0, 0.1) is 5.92 Å². The second kappa shape index (κ2) is 9.22. The molecule has 0 bridgehead atoms. The van der Waals surface area contributed by atoms with Gasteiger partial charge in [-0.25, -0.2) is 4.79 Å². The molecule has 0 fully saturated rings. The van der Waals surface area contributed by atoms with Gasteiger partial charge in [0.1, 0.15) is 11.4 Å². The molecular formula is C23H25NO4. The summed E-state index contributed by atoms with van der Waals surface area (Å²) in [6.07, 6.45) is 2.22. The Morgan fingerprint density at radius 3 is 2.36 bits per heavy atom. The number of carbonyl (C=O) groups excluding carboxylic acids is 1. The number of esters is 1. The zero-order valence-corrected chi connectivity index (χ0v) is 16.5. The van der Waals surface area contributed by atoms with E-state index < -0.39 is 0 Å². The Hall–Kier alpha value is -3.08. The number of ether oxygens (including phenoxy) is 2. The molecule has 5 nitrogen and oxygen atoms in total. The fourth-order valence-corrected chi connectivity index (χ4v) is 2.84. The van der Waals surface area contributed by atoms with Crippen LogP contribution in [-0.4, -0.2) is 24.8 Å². The van der Waals surface area contributed by atoms with Gasteiger partial charge < -0.3 is 14.0 Å². The van der Waals surface area contributed by atoms with Crippen LogP contribution in [0.25, 0.3) is 22.6 Å². The molecule has 5 heteroatoms. The second-order valence-electron chi connectivity index (χ2n) is 7.05. The third-order valence-electron chi connectivity index (χ3n) is 4.45. The lowest BCUT2D eigenvalue weighted by Gasteiger charge is -2.07. The molecule has 0 unspecified atom stereocenters. The van der Waals surface area contributed by atoms with E-state index in [1.807, 2.05) is 42.5 Å². The van der Waals surface area contributed by atoms with Gasteiger partial charge in [0.2, 0.25) is 0 Å². The predicted molar refractivity (Wildman–Crippen MR) is 108 cm³/mol. The minimum absolute atomic E-state index is 0.362. The maximum Gasteiger partial charge on any atom is 0.337 e. The minimum atomic E-state index is -0.362. The van der Waals surface area contributed by atoms with E-state index in [1.165, 1.54) is 13.5 Å². The van der Waals surface area contributed by atoms with Crippen LogP contribution in [-0.2, 0) is 4.74 Å². The van der Waals surface area contributed by atoms with Gasteiger partial charge >= 0.3 is 5.97 Å². The van der Waals surface area contributed by atoms with Gasteiger partial charge in [0, 0.05) is 17.2 Å². The number of nitrogens with zero attached hydrogens (tertiary/aromatic N) is 1. The molecule has 0 saturated heterocycles. The van der Waals surface area contributed by atoms with Crippen LogP contribution < -0.4 is 4.74 Å². The van der Waals surface area contributed by atoms with Crippen molar-refractivity contribution in [2.24, 2.45) is 5.92 Å². The number of aromatic nitrogens is 1. The van der Waals surface area contributed by atoms with Crippen molar-refractivity contribution in [2.75, 3.05) is 13.7 Å². The third kappa shape index (κ3) is 5.00. The molecule has 0 amide bonds. The minimum Gasteiger partial charge on any atom is -0.494 e. The van der Waals surface area contributed by atoms with Crippen molar-refractivity contribution in [3.8, 4) is 28.3 Å². The van der Waals surface area contributed by atoms with Crippen LogP contribution in [0.5, 0.6) is 5.75 Å². The highest BCUT2D eigenvalue weighted by Crippen LogP contribution is 2.27. The largest absolute Gasteiger partial charge is 0.494 e. The Balaban J connectivity index is 1.64. The smallest absolute Gasteiger partial charge is 0.337 e. The lowest BCUT2D eigenvalue weighted by atomic mass is 10.1. The Morgan fingerprint density at radius 1 is 1.04 bits per heavy atom. The number of benzene rings is 2. The highest BCUT2D eigenvalue weighted by atomic mass is 16.5. The Morgan fingerprint density at radius 2 is 1.71 bits per heavy atom. The third-order valence-corrected chi connectivity index (χ3v) is 4.45. The molecule has 0 saturated carbocycles. The van der Waals surface area contributed by atoms with Crippen molar-refractivity contribution in [2.45, 2.75) is 26.7 Å². The lowest BCUT2D eigenvalue weighted by Crippen LogP contribution is -2.00. The fraction of sp³-hybridized carbons (Fsp3) is 0.304. The van der Waals surface area contributed by atoms with E-state index in [0.29, 0.717) is 22.9 Å². The molecule has 1 aromatic heterocycles. The van der Waals surface area contributed by atoms with Gasteiger partial charge in [0.25, 0.3) is 0 Å². The van der Waals surface area contributed by atoms with E-state index in [0.717, 1.165) is 29.9 Å². The molecule has 3 rings (SSSR count). The second-order valence-corrected chi connectivity index (χ2v) is 7.05. The van der Waals surface area contributed by atoms with Gasteiger partial charge in [0.15, 0.2) is 5.76 Å². The molecule has 0 spiro atoms. The molecule has 0 aliphatic rings. The normalized spacial score (nSPS) is 10.9. The molecule has 146 valence electrons. The predicted octanol–water partition coefficient (Wildman–Crippen LogP) is 5.61. The highest BCUT2D eigenvalue weighted by molar-refractivity contribution is 5.89. The number of hydrogen-bond acceptors (Lipinski definition) is 5.